The number of benzene rings is 2. The van der Waals surface area contributed by atoms with Crippen molar-refractivity contribution in [3.63, 3.8) is 0 Å². The summed E-state index contributed by atoms with van der Waals surface area (Å²) in [5.41, 5.74) is 3.89. The zero-order chi connectivity index (χ0) is 23.6. The van der Waals surface area contributed by atoms with E-state index in [-0.39, 0.29) is 11.5 Å². The van der Waals surface area contributed by atoms with E-state index < -0.39 is 0 Å². The lowest BCUT2D eigenvalue weighted by Gasteiger charge is -2.07. The van der Waals surface area contributed by atoms with Crippen molar-refractivity contribution in [1.82, 2.24) is 14.9 Å². The van der Waals surface area contributed by atoms with Gasteiger partial charge in [-0.1, -0.05) is 48.5 Å². The Morgan fingerprint density at radius 3 is 2.44 bits per heavy atom. The van der Waals surface area contributed by atoms with Crippen molar-refractivity contribution in [3.05, 3.63) is 136 Å². The molecule has 0 atom stereocenters. The van der Waals surface area contributed by atoms with Crippen molar-refractivity contribution in [2.75, 3.05) is 0 Å². The van der Waals surface area contributed by atoms with Gasteiger partial charge in [0.2, 0.25) is 5.91 Å². The molecule has 0 radical (unpaired) electrons. The number of pyridine rings is 2. The van der Waals surface area contributed by atoms with Crippen LogP contribution in [0.2, 0.25) is 0 Å². The molecule has 1 amide bonds. The average molecular weight is 452 g/mol. The zero-order valence-corrected chi connectivity index (χ0v) is 18.6. The van der Waals surface area contributed by atoms with E-state index in [1.807, 2.05) is 66.7 Å². The number of hydrogen-bond acceptors (Lipinski definition) is 4. The first-order chi connectivity index (χ1) is 16.7. The summed E-state index contributed by atoms with van der Waals surface area (Å²) in [5.74, 6) is 0.586. The lowest BCUT2D eigenvalue weighted by molar-refractivity contribution is -0.116. The maximum atomic E-state index is 12.2. The predicted octanol–water partition coefficient (Wildman–Crippen LogP) is 4.20. The summed E-state index contributed by atoms with van der Waals surface area (Å²) in [6.07, 6.45) is 8.56. The smallest absolute Gasteiger partial charge is 0.250 e. The standard InChI is InChI=1S/C28H25N3O3/c32-27(15-12-22-10-13-26(14-11-22)34-21-25-4-3-16-29-18-25)30-19-23-6-8-24(9-7-23)20-31-17-2-1-5-28(31)33/h1-18H,19-21H2,(H,30,32). The SMILES string of the molecule is O=C(C=Cc1ccc(OCc2cccnc2)cc1)NCc1ccc(Cn2ccccc2=O)cc1. The van der Waals surface area contributed by atoms with Gasteiger partial charge in [-0.05, 0) is 47.0 Å². The summed E-state index contributed by atoms with van der Waals surface area (Å²) >= 11 is 0. The quantitative estimate of drug-likeness (QED) is 0.387. The largest absolute Gasteiger partial charge is 0.489 e. The van der Waals surface area contributed by atoms with Crippen molar-refractivity contribution in [2.45, 2.75) is 19.7 Å². The predicted molar refractivity (Wildman–Crippen MR) is 132 cm³/mol. The molecule has 170 valence electrons. The lowest BCUT2D eigenvalue weighted by atomic mass is 10.1. The minimum absolute atomic E-state index is 0.0301. The molecule has 0 fully saturated rings. The van der Waals surface area contributed by atoms with Crippen molar-refractivity contribution in [2.24, 2.45) is 0 Å². The number of carbonyl (C=O) groups excluding carboxylic acids is 1. The van der Waals surface area contributed by atoms with Crippen molar-refractivity contribution in [1.29, 1.82) is 0 Å². The molecule has 1 N–H and O–H groups in total. The van der Waals surface area contributed by atoms with E-state index in [9.17, 15) is 9.59 Å². The summed E-state index contributed by atoms with van der Waals surface area (Å²) in [5, 5.41) is 2.89. The molecule has 4 aromatic rings. The van der Waals surface area contributed by atoms with Gasteiger partial charge in [-0.2, -0.15) is 0 Å². The van der Waals surface area contributed by atoms with Gasteiger partial charge in [0.1, 0.15) is 12.4 Å². The Bertz CT molecular complexity index is 1300. The Morgan fingerprint density at radius 2 is 1.71 bits per heavy atom. The highest BCUT2D eigenvalue weighted by atomic mass is 16.5. The van der Waals surface area contributed by atoms with Crippen molar-refractivity contribution < 1.29 is 9.53 Å². The van der Waals surface area contributed by atoms with Crippen LogP contribution in [0.5, 0.6) is 5.75 Å². The van der Waals surface area contributed by atoms with Gasteiger partial charge in [0.25, 0.3) is 5.56 Å². The number of ether oxygens (including phenoxy) is 1. The molecule has 0 spiro atoms. The second-order valence-corrected chi connectivity index (χ2v) is 7.75. The van der Waals surface area contributed by atoms with Crippen LogP contribution < -0.4 is 15.6 Å². The van der Waals surface area contributed by atoms with Crippen LogP contribution in [0.25, 0.3) is 6.08 Å². The fraction of sp³-hybridized carbons (Fsp3) is 0.107. The maximum absolute atomic E-state index is 12.2. The van der Waals surface area contributed by atoms with Crippen LogP contribution in [0, 0.1) is 0 Å². The molecule has 0 aliphatic heterocycles. The molecule has 0 aliphatic rings. The minimum Gasteiger partial charge on any atom is -0.489 e. The number of amides is 1. The molecule has 6 heteroatoms. The average Bonchev–Trinajstić information content (AvgIpc) is 2.88. The summed E-state index contributed by atoms with van der Waals surface area (Å²) in [6.45, 7) is 1.40. The van der Waals surface area contributed by atoms with Crippen molar-refractivity contribution in [3.8, 4) is 5.75 Å². The highest BCUT2D eigenvalue weighted by Gasteiger charge is 2.01. The molecular weight excluding hydrogens is 426 g/mol. The molecular formula is C28H25N3O3. The number of rotatable bonds is 9. The molecule has 6 nitrogen and oxygen atoms in total. The van der Waals surface area contributed by atoms with Gasteiger partial charge in [-0.15, -0.1) is 0 Å². The molecule has 0 saturated carbocycles. The monoisotopic (exact) mass is 451 g/mol. The van der Waals surface area contributed by atoms with Crippen LogP contribution in [0.4, 0.5) is 0 Å². The van der Waals surface area contributed by atoms with E-state index in [1.165, 1.54) is 6.08 Å². The number of carbonyl (C=O) groups is 1. The van der Waals surface area contributed by atoms with E-state index in [0.717, 1.165) is 28.0 Å². The fourth-order valence-corrected chi connectivity index (χ4v) is 3.30. The van der Waals surface area contributed by atoms with Crippen LogP contribution in [0.15, 0.2) is 108 Å². The summed E-state index contributed by atoms with van der Waals surface area (Å²) < 4.78 is 7.40. The Kier molecular flexibility index (Phi) is 7.64. The van der Waals surface area contributed by atoms with Crippen LogP contribution in [0.1, 0.15) is 22.3 Å². The van der Waals surface area contributed by atoms with Crippen molar-refractivity contribution >= 4 is 12.0 Å². The van der Waals surface area contributed by atoms with Gasteiger partial charge < -0.3 is 14.6 Å². The molecule has 2 aromatic heterocycles. The first-order valence-corrected chi connectivity index (χ1v) is 11.0. The van der Waals surface area contributed by atoms with E-state index in [2.05, 4.69) is 10.3 Å². The van der Waals surface area contributed by atoms with Gasteiger partial charge in [0.05, 0.1) is 6.54 Å². The summed E-state index contributed by atoms with van der Waals surface area (Å²) in [6, 6.07) is 24.4. The van der Waals surface area contributed by atoms with Gasteiger partial charge in [-0.25, -0.2) is 0 Å². The normalized spacial score (nSPS) is 10.8. The van der Waals surface area contributed by atoms with Gasteiger partial charge >= 0.3 is 0 Å². The van der Waals surface area contributed by atoms with Gasteiger partial charge in [0, 0.05) is 42.8 Å². The molecule has 0 saturated heterocycles. The molecule has 0 bridgehead atoms. The van der Waals surface area contributed by atoms with E-state index in [1.54, 1.807) is 41.4 Å². The molecule has 0 aliphatic carbocycles. The Labute approximate surface area is 198 Å². The van der Waals surface area contributed by atoms with Crippen LogP contribution >= 0.6 is 0 Å². The molecule has 2 aromatic carbocycles. The fourth-order valence-electron chi connectivity index (χ4n) is 3.30. The summed E-state index contributed by atoms with van der Waals surface area (Å²) in [7, 11) is 0. The first kappa shape index (κ1) is 22.7. The number of hydrogen-bond donors (Lipinski definition) is 1. The first-order valence-electron chi connectivity index (χ1n) is 11.0. The lowest BCUT2D eigenvalue weighted by Crippen LogP contribution is -2.20. The Balaban J connectivity index is 1.23. The highest BCUT2D eigenvalue weighted by Crippen LogP contribution is 2.15. The zero-order valence-electron chi connectivity index (χ0n) is 18.6. The topological polar surface area (TPSA) is 73.2 Å². The molecule has 34 heavy (non-hydrogen) atoms. The number of aromatic nitrogens is 2. The second-order valence-electron chi connectivity index (χ2n) is 7.75. The van der Waals surface area contributed by atoms with Gasteiger partial charge in [-0.3, -0.25) is 14.6 Å². The van der Waals surface area contributed by atoms with Crippen LogP contribution in [-0.4, -0.2) is 15.5 Å². The molecule has 2 heterocycles. The van der Waals surface area contributed by atoms with E-state index in [4.69, 9.17) is 4.74 Å². The van der Waals surface area contributed by atoms with E-state index in [0.29, 0.717) is 19.7 Å². The Hall–Kier alpha value is -4.45. The molecule has 4 rings (SSSR count). The molecule has 0 unspecified atom stereocenters. The third-order valence-corrected chi connectivity index (χ3v) is 5.18. The van der Waals surface area contributed by atoms with Crippen LogP contribution in [-0.2, 0) is 24.5 Å². The van der Waals surface area contributed by atoms with Crippen LogP contribution in [0.3, 0.4) is 0 Å². The van der Waals surface area contributed by atoms with E-state index >= 15 is 0 Å². The summed E-state index contributed by atoms with van der Waals surface area (Å²) in [4.78, 5) is 28.1. The minimum atomic E-state index is -0.170. The Morgan fingerprint density at radius 1 is 0.912 bits per heavy atom. The maximum Gasteiger partial charge on any atom is 0.250 e. The van der Waals surface area contributed by atoms with Gasteiger partial charge in [0.15, 0.2) is 0 Å². The highest BCUT2D eigenvalue weighted by molar-refractivity contribution is 5.91. The third-order valence-electron chi connectivity index (χ3n) is 5.18. The second kappa shape index (κ2) is 11.4. The number of nitrogens with one attached hydrogen (secondary N) is 1. The number of nitrogens with zero attached hydrogens (tertiary/aromatic N) is 2. The third kappa shape index (κ3) is 6.77.